The van der Waals surface area contributed by atoms with Crippen molar-refractivity contribution in [3.63, 3.8) is 0 Å². The third-order valence-electron chi connectivity index (χ3n) is 5.55. The van der Waals surface area contributed by atoms with Gasteiger partial charge in [-0.3, -0.25) is 18.7 Å². The fourth-order valence-corrected chi connectivity index (χ4v) is 4.12. The fourth-order valence-electron chi connectivity index (χ4n) is 4.12. The molecule has 5 nitrogen and oxygen atoms in total. The van der Waals surface area contributed by atoms with Crippen molar-refractivity contribution in [2.45, 2.75) is 26.1 Å². The third-order valence-corrected chi connectivity index (χ3v) is 5.55. The van der Waals surface area contributed by atoms with Gasteiger partial charge in [-0.2, -0.15) is 0 Å². The first kappa shape index (κ1) is 17.8. The zero-order valence-electron chi connectivity index (χ0n) is 16.0. The van der Waals surface area contributed by atoms with E-state index in [-0.39, 0.29) is 11.4 Å². The molecule has 0 unspecified atom stereocenters. The van der Waals surface area contributed by atoms with Crippen LogP contribution in [-0.2, 0) is 26.1 Å². The van der Waals surface area contributed by atoms with Gasteiger partial charge in [0.2, 0.25) is 5.78 Å². The molecule has 0 saturated carbocycles. The van der Waals surface area contributed by atoms with E-state index in [0.29, 0.717) is 18.9 Å². The molecule has 29 heavy (non-hydrogen) atoms. The van der Waals surface area contributed by atoms with Crippen LogP contribution in [0.2, 0.25) is 0 Å². The Morgan fingerprint density at radius 2 is 1.72 bits per heavy atom. The van der Waals surface area contributed by atoms with Crippen LogP contribution >= 0.6 is 0 Å². The van der Waals surface area contributed by atoms with Crippen LogP contribution in [0.1, 0.15) is 22.4 Å². The molecule has 1 aliphatic heterocycles. The zero-order chi connectivity index (χ0) is 19.8. The normalized spacial score (nSPS) is 14.2. The molecule has 5 rings (SSSR count). The predicted molar refractivity (Wildman–Crippen MR) is 109 cm³/mol. The molecule has 2 aromatic heterocycles. The van der Waals surface area contributed by atoms with E-state index in [9.17, 15) is 9.18 Å². The second-order valence-electron chi connectivity index (χ2n) is 7.49. The molecule has 0 amide bonds. The minimum absolute atomic E-state index is 0.0132. The molecule has 4 aromatic rings. The summed E-state index contributed by atoms with van der Waals surface area (Å²) in [5, 5.41) is 0. The summed E-state index contributed by atoms with van der Waals surface area (Å²) in [5.74, 6) is 0.351. The minimum atomic E-state index is -0.283. The maximum atomic E-state index is 13.4. The summed E-state index contributed by atoms with van der Waals surface area (Å²) in [4.78, 5) is 20.1. The van der Waals surface area contributed by atoms with Crippen molar-refractivity contribution in [3.05, 3.63) is 106 Å². The Balaban J connectivity index is 1.53. The van der Waals surface area contributed by atoms with E-state index in [1.165, 1.54) is 17.7 Å². The monoisotopic (exact) mass is 388 g/mol. The number of fused-ring (bicyclic) bond motifs is 3. The Morgan fingerprint density at radius 1 is 0.966 bits per heavy atom. The molecule has 6 heteroatoms. The van der Waals surface area contributed by atoms with Crippen molar-refractivity contribution in [1.82, 2.24) is 18.9 Å². The highest BCUT2D eigenvalue weighted by atomic mass is 19.1. The first-order valence-corrected chi connectivity index (χ1v) is 9.77. The van der Waals surface area contributed by atoms with Gasteiger partial charge in [0.05, 0.1) is 12.1 Å². The van der Waals surface area contributed by atoms with Crippen LogP contribution in [0.25, 0.3) is 5.78 Å². The van der Waals surface area contributed by atoms with E-state index >= 15 is 0 Å². The Bertz CT molecular complexity index is 1210. The van der Waals surface area contributed by atoms with Crippen molar-refractivity contribution < 1.29 is 4.39 Å². The average Bonchev–Trinajstić information content (AvgIpc) is 3.23. The first-order chi connectivity index (χ1) is 14.2. The van der Waals surface area contributed by atoms with E-state index in [1.807, 2.05) is 28.8 Å². The first-order valence-electron chi connectivity index (χ1n) is 9.77. The van der Waals surface area contributed by atoms with Crippen LogP contribution in [0, 0.1) is 5.82 Å². The minimum Gasteiger partial charge on any atom is -0.294 e. The summed E-state index contributed by atoms with van der Waals surface area (Å²) in [6.07, 6.45) is 4.45. The van der Waals surface area contributed by atoms with Crippen molar-refractivity contribution >= 4 is 5.78 Å². The number of benzene rings is 2. The summed E-state index contributed by atoms with van der Waals surface area (Å²) < 4.78 is 17.0. The molecule has 0 radical (unpaired) electrons. The van der Waals surface area contributed by atoms with Crippen molar-refractivity contribution in [3.8, 4) is 0 Å². The molecule has 0 spiro atoms. The number of rotatable bonds is 4. The topological polar surface area (TPSA) is 42.5 Å². The van der Waals surface area contributed by atoms with Crippen LogP contribution < -0.4 is 5.56 Å². The molecule has 1 aliphatic rings. The SMILES string of the molecule is O=c1c2c(n3ccnc3n1Cc1ccc(F)cc1)CCN(Cc1ccccc1)C2. The van der Waals surface area contributed by atoms with Gasteiger partial charge in [0.1, 0.15) is 5.82 Å². The molecule has 0 fully saturated rings. The third kappa shape index (κ3) is 3.36. The molecule has 0 aliphatic carbocycles. The number of imidazole rings is 1. The second-order valence-corrected chi connectivity index (χ2v) is 7.49. The number of hydrogen-bond donors (Lipinski definition) is 0. The van der Waals surface area contributed by atoms with Crippen LogP contribution in [0.3, 0.4) is 0 Å². The van der Waals surface area contributed by atoms with Gasteiger partial charge < -0.3 is 0 Å². The smallest absolute Gasteiger partial charge is 0.259 e. The van der Waals surface area contributed by atoms with Gasteiger partial charge in [0, 0.05) is 44.1 Å². The summed E-state index contributed by atoms with van der Waals surface area (Å²) in [6.45, 7) is 2.70. The molecule has 2 aromatic carbocycles. The van der Waals surface area contributed by atoms with E-state index < -0.39 is 0 Å². The van der Waals surface area contributed by atoms with Gasteiger partial charge in [-0.15, -0.1) is 0 Å². The zero-order valence-corrected chi connectivity index (χ0v) is 16.0. The van der Waals surface area contributed by atoms with Crippen LogP contribution in [0.15, 0.2) is 71.8 Å². The Labute approximate surface area is 167 Å². The standard InChI is InChI=1S/C23H21FN4O/c24-19-8-6-18(7-9-19)15-28-22(29)20-16-26(14-17-4-2-1-3-5-17)12-10-21(20)27-13-11-25-23(27)28/h1-9,11,13H,10,12,14-16H2. The molecular formula is C23H21FN4O. The molecule has 0 bridgehead atoms. The van der Waals surface area contributed by atoms with Gasteiger partial charge in [0.15, 0.2) is 0 Å². The van der Waals surface area contributed by atoms with Gasteiger partial charge >= 0.3 is 0 Å². The molecule has 0 saturated heterocycles. The van der Waals surface area contributed by atoms with Crippen LogP contribution in [0.4, 0.5) is 4.39 Å². The van der Waals surface area contributed by atoms with E-state index in [1.54, 1.807) is 22.9 Å². The van der Waals surface area contributed by atoms with Gasteiger partial charge in [0.25, 0.3) is 5.56 Å². The maximum absolute atomic E-state index is 13.4. The lowest BCUT2D eigenvalue weighted by atomic mass is 10.1. The van der Waals surface area contributed by atoms with Crippen molar-refractivity contribution in [2.24, 2.45) is 0 Å². The lowest BCUT2D eigenvalue weighted by Crippen LogP contribution is -2.38. The second kappa shape index (κ2) is 7.29. The molecule has 0 atom stereocenters. The van der Waals surface area contributed by atoms with Gasteiger partial charge in [-0.25, -0.2) is 9.37 Å². The molecular weight excluding hydrogens is 367 g/mol. The Morgan fingerprint density at radius 3 is 2.52 bits per heavy atom. The van der Waals surface area contributed by atoms with Gasteiger partial charge in [-0.1, -0.05) is 42.5 Å². The highest BCUT2D eigenvalue weighted by Gasteiger charge is 2.24. The van der Waals surface area contributed by atoms with Crippen LogP contribution in [0.5, 0.6) is 0 Å². The van der Waals surface area contributed by atoms with Crippen LogP contribution in [-0.4, -0.2) is 25.4 Å². The summed E-state index contributed by atoms with van der Waals surface area (Å²) in [5.41, 5.74) is 3.96. The largest absolute Gasteiger partial charge is 0.294 e. The van der Waals surface area contributed by atoms with E-state index in [4.69, 9.17) is 0 Å². The Hall–Kier alpha value is -3.25. The van der Waals surface area contributed by atoms with Gasteiger partial charge in [-0.05, 0) is 23.3 Å². The molecule has 3 heterocycles. The lowest BCUT2D eigenvalue weighted by molar-refractivity contribution is 0.240. The number of hydrogen-bond acceptors (Lipinski definition) is 3. The lowest BCUT2D eigenvalue weighted by Gasteiger charge is -2.29. The van der Waals surface area contributed by atoms with Crippen molar-refractivity contribution in [1.29, 1.82) is 0 Å². The molecule has 0 N–H and O–H groups in total. The number of aromatic nitrogens is 3. The van der Waals surface area contributed by atoms with E-state index in [0.717, 1.165) is 36.3 Å². The van der Waals surface area contributed by atoms with E-state index in [2.05, 4.69) is 22.0 Å². The molecule has 146 valence electrons. The number of nitrogens with zero attached hydrogens (tertiary/aromatic N) is 4. The Kier molecular flexibility index (Phi) is 4.48. The fraction of sp³-hybridized carbons (Fsp3) is 0.217. The number of halogens is 1. The highest BCUT2D eigenvalue weighted by molar-refractivity contribution is 5.38. The maximum Gasteiger partial charge on any atom is 0.259 e. The van der Waals surface area contributed by atoms with Crippen molar-refractivity contribution in [2.75, 3.05) is 6.54 Å². The predicted octanol–water partition coefficient (Wildman–Crippen LogP) is 3.24. The summed E-state index contributed by atoms with van der Waals surface area (Å²) >= 11 is 0. The quantitative estimate of drug-likeness (QED) is 0.539. The summed E-state index contributed by atoms with van der Waals surface area (Å²) in [7, 11) is 0. The average molecular weight is 388 g/mol. The highest BCUT2D eigenvalue weighted by Crippen LogP contribution is 2.20. The summed E-state index contributed by atoms with van der Waals surface area (Å²) in [6, 6.07) is 16.6.